The molecule has 1 aromatic heterocycles. The number of unbranched alkanes of at least 4 members (excludes halogenated alkanes) is 2. The highest BCUT2D eigenvalue weighted by atomic mass is 16.4. The molecule has 1 heterocycles. The Morgan fingerprint density at radius 1 is 1.18 bits per heavy atom. The zero-order valence-electron chi connectivity index (χ0n) is 16.3. The first-order chi connectivity index (χ1) is 13.5. The van der Waals surface area contributed by atoms with E-state index in [0.717, 1.165) is 49.8 Å². The van der Waals surface area contributed by atoms with E-state index in [4.69, 9.17) is 5.11 Å². The summed E-state index contributed by atoms with van der Waals surface area (Å²) in [5, 5.41) is 16.6. The molecular weight excluding hydrogens is 362 g/mol. The van der Waals surface area contributed by atoms with Crippen molar-refractivity contribution in [2.45, 2.75) is 70.8 Å². The number of carbonyl (C=O) groups is 3. The second-order valence-corrected chi connectivity index (χ2v) is 7.01. The number of aryl methyl sites for hydroxylation is 1. The molecule has 0 radical (unpaired) electrons. The average Bonchev–Trinajstić information content (AvgIpc) is 2.64. The molecule has 2 rings (SSSR count). The molecular formula is C19H29N5O4. The van der Waals surface area contributed by atoms with Crippen molar-refractivity contribution in [2.24, 2.45) is 0 Å². The number of nitrogens with one attached hydrogen (secondary N) is 3. The molecule has 28 heavy (non-hydrogen) atoms. The number of anilines is 1. The molecule has 1 aromatic rings. The minimum Gasteiger partial charge on any atom is -0.465 e. The first-order valence-corrected chi connectivity index (χ1v) is 9.88. The lowest BCUT2D eigenvalue weighted by molar-refractivity contribution is -0.122. The SMILES string of the molecule is CCCC(=O)Nc1ncc2c(n1)CCC(NC(=O)CCCCCNC(=O)O)C2. The Morgan fingerprint density at radius 3 is 2.75 bits per heavy atom. The Balaban J connectivity index is 1.72. The van der Waals surface area contributed by atoms with Crippen LogP contribution in [0.15, 0.2) is 6.20 Å². The monoisotopic (exact) mass is 391 g/mol. The van der Waals surface area contributed by atoms with Gasteiger partial charge in [0.2, 0.25) is 17.8 Å². The van der Waals surface area contributed by atoms with Gasteiger partial charge < -0.3 is 15.7 Å². The van der Waals surface area contributed by atoms with Crippen LogP contribution in [0.1, 0.15) is 63.1 Å². The van der Waals surface area contributed by atoms with Crippen molar-refractivity contribution in [1.29, 1.82) is 0 Å². The number of fused-ring (bicyclic) bond motifs is 1. The largest absolute Gasteiger partial charge is 0.465 e. The number of rotatable bonds is 10. The number of carbonyl (C=O) groups excluding carboxylic acids is 2. The fraction of sp³-hybridized carbons (Fsp3) is 0.632. The Bertz CT molecular complexity index is 695. The first kappa shape index (κ1) is 21.6. The van der Waals surface area contributed by atoms with E-state index in [0.29, 0.717) is 31.8 Å². The summed E-state index contributed by atoms with van der Waals surface area (Å²) in [5.74, 6) is 0.281. The molecule has 9 nitrogen and oxygen atoms in total. The van der Waals surface area contributed by atoms with Gasteiger partial charge in [-0.25, -0.2) is 14.8 Å². The average molecular weight is 391 g/mol. The highest BCUT2D eigenvalue weighted by molar-refractivity contribution is 5.88. The summed E-state index contributed by atoms with van der Waals surface area (Å²) in [6, 6.07) is 0.0674. The predicted molar refractivity (Wildman–Crippen MR) is 104 cm³/mol. The molecule has 0 saturated carbocycles. The summed E-state index contributed by atoms with van der Waals surface area (Å²) in [7, 11) is 0. The molecule has 0 bridgehead atoms. The van der Waals surface area contributed by atoms with Crippen LogP contribution >= 0.6 is 0 Å². The third-order valence-corrected chi connectivity index (χ3v) is 4.60. The van der Waals surface area contributed by atoms with Crippen molar-refractivity contribution < 1.29 is 19.5 Å². The van der Waals surface area contributed by atoms with Crippen molar-refractivity contribution in [3.8, 4) is 0 Å². The van der Waals surface area contributed by atoms with Gasteiger partial charge in [-0.15, -0.1) is 0 Å². The highest BCUT2D eigenvalue weighted by Crippen LogP contribution is 2.20. The van der Waals surface area contributed by atoms with E-state index < -0.39 is 6.09 Å². The Kier molecular flexibility index (Phi) is 8.64. The molecule has 0 fully saturated rings. The van der Waals surface area contributed by atoms with Crippen molar-refractivity contribution in [3.63, 3.8) is 0 Å². The van der Waals surface area contributed by atoms with Gasteiger partial charge in [-0.3, -0.25) is 14.9 Å². The summed E-state index contributed by atoms with van der Waals surface area (Å²) in [4.78, 5) is 42.8. The van der Waals surface area contributed by atoms with Gasteiger partial charge in [-0.1, -0.05) is 13.3 Å². The van der Waals surface area contributed by atoms with Crippen molar-refractivity contribution in [1.82, 2.24) is 20.6 Å². The molecule has 0 saturated heterocycles. The van der Waals surface area contributed by atoms with E-state index in [2.05, 4.69) is 25.9 Å². The number of hydrogen-bond acceptors (Lipinski definition) is 5. The molecule has 1 unspecified atom stereocenters. The molecule has 1 aliphatic rings. The van der Waals surface area contributed by atoms with Gasteiger partial charge in [0.15, 0.2) is 0 Å². The van der Waals surface area contributed by atoms with Gasteiger partial charge in [0, 0.05) is 37.3 Å². The highest BCUT2D eigenvalue weighted by Gasteiger charge is 2.22. The van der Waals surface area contributed by atoms with E-state index >= 15 is 0 Å². The van der Waals surface area contributed by atoms with Crippen molar-refractivity contribution in [3.05, 3.63) is 17.5 Å². The zero-order chi connectivity index (χ0) is 20.4. The van der Waals surface area contributed by atoms with Crippen LogP contribution in [0, 0.1) is 0 Å². The van der Waals surface area contributed by atoms with Gasteiger partial charge in [-0.05, 0) is 44.1 Å². The quantitative estimate of drug-likeness (QED) is 0.451. The lowest BCUT2D eigenvalue weighted by atomic mass is 9.92. The molecule has 0 spiro atoms. The number of amides is 3. The molecule has 0 aromatic carbocycles. The van der Waals surface area contributed by atoms with E-state index in [9.17, 15) is 14.4 Å². The van der Waals surface area contributed by atoms with Gasteiger partial charge in [0.1, 0.15) is 0 Å². The van der Waals surface area contributed by atoms with E-state index in [1.54, 1.807) is 6.20 Å². The van der Waals surface area contributed by atoms with Crippen LogP contribution in [0.3, 0.4) is 0 Å². The number of hydrogen-bond donors (Lipinski definition) is 4. The fourth-order valence-corrected chi connectivity index (χ4v) is 3.19. The summed E-state index contributed by atoms with van der Waals surface area (Å²) < 4.78 is 0. The maximum atomic E-state index is 12.1. The summed E-state index contributed by atoms with van der Waals surface area (Å²) in [6.45, 7) is 2.36. The van der Waals surface area contributed by atoms with Crippen LogP contribution in [0.5, 0.6) is 0 Å². The number of carboxylic acid groups (broad SMARTS) is 1. The van der Waals surface area contributed by atoms with Crippen LogP contribution in [0.2, 0.25) is 0 Å². The van der Waals surface area contributed by atoms with Crippen LogP contribution < -0.4 is 16.0 Å². The maximum absolute atomic E-state index is 12.1. The van der Waals surface area contributed by atoms with Crippen molar-refractivity contribution >= 4 is 23.9 Å². The molecule has 3 amide bonds. The molecule has 0 aliphatic heterocycles. The Morgan fingerprint density at radius 2 is 2.00 bits per heavy atom. The van der Waals surface area contributed by atoms with E-state index in [1.807, 2.05) is 6.92 Å². The van der Waals surface area contributed by atoms with Crippen LogP contribution in [0.25, 0.3) is 0 Å². The second-order valence-electron chi connectivity index (χ2n) is 7.01. The van der Waals surface area contributed by atoms with Crippen LogP contribution in [-0.2, 0) is 22.4 Å². The normalized spacial score (nSPS) is 15.4. The summed E-state index contributed by atoms with van der Waals surface area (Å²) in [6.07, 6.45) is 6.88. The van der Waals surface area contributed by atoms with Gasteiger partial charge in [0.05, 0.1) is 0 Å². The molecule has 154 valence electrons. The topological polar surface area (TPSA) is 133 Å². The van der Waals surface area contributed by atoms with Crippen LogP contribution in [0.4, 0.5) is 10.7 Å². The summed E-state index contributed by atoms with van der Waals surface area (Å²) >= 11 is 0. The smallest absolute Gasteiger partial charge is 0.404 e. The lowest BCUT2D eigenvalue weighted by Crippen LogP contribution is -2.39. The first-order valence-electron chi connectivity index (χ1n) is 9.88. The minimum absolute atomic E-state index is 0.0176. The molecule has 1 atom stereocenters. The molecule has 4 N–H and O–H groups in total. The van der Waals surface area contributed by atoms with Crippen molar-refractivity contribution in [2.75, 3.05) is 11.9 Å². The van der Waals surface area contributed by atoms with Crippen LogP contribution in [-0.4, -0.2) is 45.6 Å². The Hall–Kier alpha value is -2.71. The Labute approximate surface area is 164 Å². The maximum Gasteiger partial charge on any atom is 0.404 e. The zero-order valence-corrected chi connectivity index (χ0v) is 16.3. The molecule has 9 heteroatoms. The summed E-state index contributed by atoms with van der Waals surface area (Å²) in [5.41, 5.74) is 1.93. The predicted octanol–water partition coefficient (Wildman–Crippen LogP) is 2.02. The third kappa shape index (κ3) is 7.50. The van der Waals surface area contributed by atoms with E-state index in [-0.39, 0.29) is 17.9 Å². The number of aromatic nitrogens is 2. The fourth-order valence-electron chi connectivity index (χ4n) is 3.19. The second kappa shape index (κ2) is 11.2. The van der Waals surface area contributed by atoms with Gasteiger partial charge in [-0.2, -0.15) is 0 Å². The standard InChI is InChI=1S/C19H29N5O4/c1-2-6-16(25)24-18-21-12-13-11-14(8-9-15(13)23-18)22-17(26)7-4-3-5-10-20-19(27)28/h12,14,20H,2-11H2,1H3,(H,22,26)(H,27,28)(H,21,23,24,25). The minimum atomic E-state index is -1.02. The molecule has 1 aliphatic carbocycles. The van der Waals surface area contributed by atoms with Gasteiger partial charge in [0.25, 0.3) is 0 Å². The lowest BCUT2D eigenvalue weighted by Gasteiger charge is -2.25. The number of nitrogens with zero attached hydrogens (tertiary/aromatic N) is 2. The third-order valence-electron chi connectivity index (χ3n) is 4.60. The van der Waals surface area contributed by atoms with E-state index in [1.165, 1.54) is 0 Å². The van der Waals surface area contributed by atoms with Gasteiger partial charge >= 0.3 is 6.09 Å².